The predicted octanol–water partition coefficient (Wildman–Crippen LogP) is 2.86. The molecule has 0 saturated heterocycles. The average molecular weight is 289 g/mol. The quantitative estimate of drug-likeness (QED) is 0.599. The molecule has 1 aliphatic carbocycles. The summed E-state index contributed by atoms with van der Waals surface area (Å²) in [6.45, 7) is 6.71. The number of aliphatic imine (C=N–C) groups is 1. The van der Waals surface area contributed by atoms with E-state index >= 15 is 0 Å². The second-order valence-electron chi connectivity index (χ2n) is 5.71. The van der Waals surface area contributed by atoms with Crippen molar-refractivity contribution in [2.24, 2.45) is 10.9 Å². The summed E-state index contributed by atoms with van der Waals surface area (Å²) in [5, 5.41) is 6.74. The Kier molecular flexibility index (Phi) is 5.90. The van der Waals surface area contributed by atoms with Gasteiger partial charge in [-0.15, -0.1) is 0 Å². The number of hydrogen-bond donors (Lipinski definition) is 2. The number of ether oxygens (including phenoxy) is 1. The van der Waals surface area contributed by atoms with Gasteiger partial charge in [0.1, 0.15) is 5.75 Å². The highest BCUT2D eigenvalue weighted by molar-refractivity contribution is 5.79. The fraction of sp³-hybridized carbons (Fsp3) is 0.588. The summed E-state index contributed by atoms with van der Waals surface area (Å²) < 4.78 is 5.84. The Morgan fingerprint density at radius 1 is 1.33 bits per heavy atom. The number of nitrogens with one attached hydrogen (secondary N) is 2. The summed E-state index contributed by atoms with van der Waals surface area (Å²) in [6.07, 6.45) is 3.71. The van der Waals surface area contributed by atoms with Gasteiger partial charge < -0.3 is 15.4 Å². The molecule has 0 amide bonds. The van der Waals surface area contributed by atoms with Crippen molar-refractivity contribution in [1.29, 1.82) is 0 Å². The van der Waals surface area contributed by atoms with Gasteiger partial charge in [0, 0.05) is 25.7 Å². The van der Waals surface area contributed by atoms with E-state index in [-0.39, 0.29) is 0 Å². The molecule has 0 unspecified atom stereocenters. The molecule has 0 aromatic heterocycles. The molecule has 0 heterocycles. The molecule has 0 spiro atoms. The lowest BCUT2D eigenvalue weighted by Gasteiger charge is -2.15. The molecular weight excluding hydrogens is 262 g/mol. The molecule has 0 radical (unpaired) electrons. The Balaban J connectivity index is 1.90. The van der Waals surface area contributed by atoms with E-state index in [9.17, 15) is 0 Å². The molecule has 1 saturated carbocycles. The maximum atomic E-state index is 5.84. The van der Waals surface area contributed by atoms with E-state index in [1.807, 2.05) is 7.05 Å². The lowest BCUT2D eigenvalue weighted by molar-refractivity contribution is 0.313. The van der Waals surface area contributed by atoms with Crippen LogP contribution in [-0.2, 0) is 6.54 Å². The van der Waals surface area contributed by atoms with E-state index in [1.165, 1.54) is 24.0 Å². The zero-order valence-corrected chi connectivity index (χ0v) is 13.4. The molecule has 2 rings (SSSR count). The number of rotatable bonds is 7. The van der Waals surface area contributed by atoms with Gasteiger partial charge in [0.2, 0.25) is 0 Å². The summed E-state index contributed by atoms with van der Waals surface area (Å²) in [7, 11) is 1.81. The summed E-state index contributed by atoms with van der Waals surface area (Å²) >= 11 is 0. The third-order valence-corrected chi connectivity index (χ3v) is 3.61. The molecule has 116 valence electrons. The third-order valence-electron chi connectivity index (χ3n) is 3.61. The van der Waals surface area contributed by atoms with E-state index < -0.39 is 0 Å². The van der Waals surface area contributed by atoms with Crippen LogP contribution in [0.2, 0.25) is 0 Å². The van der Waals surface area contributed by atoms with Crippen molar-refractivity contribution in [2.45, 2.75) is 39.7 Å². The van der Waals surface area contributed by atoms with Gasteiger partial charge in [0.05, 0.1) is 6.61 Å². The summed E-state index contributed by atoms with van der Waals surface area (Å²) in [5.41, 5.74) is 2.39. The first kappa shape index (κ1) is 15.7. The molecule has 1 aromatic carbocycles. The van der Waals surface area contributed by atoms with Crippen LogP contribution in [0.3, 0.4) is 0 Å². The van der Waals surface area contributed by atoms with Gasteiger partial charge in [0.15, 0.2) is 5.96 Å². The Labute approximate surface area is 128 Å². The number of hydrogen-bond acceptors (Lipinski definition) is 2. The highest BCUT2D eigenvalue weighted by atomic mass is 16.5. The van der Waals surface area contributed by atoms with Crippen LogP contribution in [0, 0.1) is 12.8 Å². The van der Waals surface area contributed by atoms with Crippen LogP contribution in [0.5, 0.6) is 5.75 Å². The smallest absolute Gasteiger partial charge is 0.191 e. The summed E-state index contributed by atoms with van der Waals surface area (Å²) in [4.78, 5) is 4.27. The zero-order chi connectivity index (χ0) is 15.1. The van der Waals surface area contributed by atoms with Crippen molar-refractivity contribution in [3.63, 3.8) is 0 Å². The van der Waals surface area contributed by atoms with Crippen molar-refractivity contribution < 1.29 is 4.74 Å². The van der Waals surface area contributed by atoms with Gasteiger partial charge in [-0.1, -0.05) is 19.1 Å². The van der Waals surface area contributed by atoms with Crippen molar-refractivity contribution in [3.05, 3.63) is 29.3 Å². The SMILES string of the molecule is CCCOc1cc(C)ccc1CNC(=NC)NCC1CC1. The van der Waals surface area contributed by atoms with Gasteiger partial charge in [-0.25, -0.2) is 0 Å². The molecule has 21 heavy (non-hydrogen) atoms. The summed E-state index contributed by atoms with van der Waals surface area (Å²) in [6, 6.07) is 6.35. The first-order valence-corrected chi connectivity index (χ1v) is 7.89. The van der Waals surface area contributed by atoms with Crippen molar-refractivity contribution in [1.82, 2.24) is 10.6 Å². The highest BCUT2D eigenvalue weighted by Crippen LogP contribution is 2.27. The molecule has 1 aliphatic rings. The molecule has 1 fully saturated rings. The molecule has 0 aliphatic heterocycles. The highest BCUT2D eigenvalue weighted by Gasteiger charge is 2.21. The van der Waals surface area contributed by atoms with Crippen LogP contribution < -0.4 is 15.4 Å². The molecule has 4 nitrogen and oxygen atoms in total. The average Bonchev–Trinajstić information content (AvgIpc) is 3.31. The Hall–Kier alpha value is -1.71. The standard InChI is InChI=1S/C17H27N3O/c1-4-9-21-16-10-13(2)5-8-15(16)12-20-17(18-3)19-11-14-6-7-14/h5,8,10,14H,4,6-7,9,11-12H2,1-3H3,(H2,18,19,20). The lowest BCUT2D eigenvalue weighted by Crippen LogP contribution is -2.37. The summed E-state index contributed by atoms with van der Waals surface area (Å²) in [5.74, 6) is 2.68. The zero-order valence-electron chi connectivity index (χ0n) is 13.4. The van der Waals surface area contributed by atoms with Crippen molar-refractivity contribution in [2.75, 3.05) is 20.2 Å². The van der Waals surface area contributed by atoms with Crippen LogP contribution in [-0.4, -0.2) is 26.2 Å². The van der Waals surface area contributed by atoms with Gasteiger partial charge in [-0.05, 0) is 43.7 Å². The van der Waals surface area contributed by atoms with Crippen LogP contribution >= 0.6 is 0 Å². The first-order valence-electron chi connectivity index (χ1n) is 7.89. The fourth-order valence-electron chi connectivity index (χ4n) is 2.12. The van der Waals surface area contributed by atoms with E-state index in [0.29, 0.717) is 0 Å². The van der Waals surface area contributed by atoms with Crippen LogP contribution in [0.1, 0.15) is 37.3 Å². The van der Waals surface area contributed by atoms with Crippen molar-refractivity contribution >= 4 is 5.96 Å². The normalized spacial score (nSPS) is 14.9. The number of nitrogens with zero attached hydrogens (tertiary/aromatic N) is 1. The lowest BCUT2D eigenvalue weighted by atomic mass is 10.1. The minimum Gasteiger partial charge on any atom is -0.493 e. The van der Waals surface area contributed by atoms with Gasteiger partial charge in [0.25, 0.3) is 0 Å². The largest absolute Gasteiger partial charge is 0.493 e. The Bertz CT molecular complexity index is 481. The van der Waals surface area contributed by atoms with Gasteiger partial charge in [-0.2, -0.15) is 0 Å². The first-order chi connectivity index (χ1) is 10.2. The third kappa shape index (κ3) is 5.29. The van der Waals surface area contributed by atoms with Crippen molar-refractivity contribution in [3.8, 4) is 5.75 Å². The monoisotopic (exact) mass is 289 g/mol. The van der Waals surface area contributed by atoms with E-state index in [4.69, 9.17) is 4.74 Å². The van der Waals surface area contributed by atoms with Gasteiger partial charge in [-0.3, -0.25) is 4.99 Å². The number of guanidine groups is 1. The van der Waals surface area contributed by atoms with Crippen LogP contribution in [0.15, 0.2) is 23.2 Å². The van der Waals surface area contributed by atoms with E-state index in [1.54, 1.807) is 0 Å². The van der Waals surface area contributed by atoms with Gasteiger partial charge >= 0.3 is 0 Å². The second kappa shape index (κ2) is 7.91. The topological polar surface area (TPSA) is 45.6 Å². The predicted molar refractivity (Wildman–Crippen MR) is 87.9 cm³/mol. The van der Waals surface area contributed by atoms with E-state index in [0.717, 1.165) is 43.7 Å². The van der Waals surface area contributed by atoms with E-state index in [2.05, 4.69) is 47.7 Å². The minimum atomic E-state index is 0.726. The second-order valence-corrected chi connectivity index (χ2v) is 5.71. The van der Waals surface area contributed by atoms with Crippen LogP contribution in [0.25, 0.3) is 0 Å². The molecule has 2 N–H and O–H groups in total. The Morgan fingerprint density at radius 3 is 2.81 bits per heavy atom. The molecular formula is C17H27N3O. The van der Waals surface area contributed by atoms with Crippen LogP contribution in [0.4, 0.5) is 0 Å². The maximum absolute atomic E-state index is 5.84. The maximum Gasteiger partial charge on any atom is 0.191 e. The minimum absolute atomic E-state index is 0.726. The molecule has 0 atom stereocenters. The molecule has 4 heteroatoms. The molecule has 0 bridgehead atoms. The fourth-order valence-corrected chi connectivity index (χ4v) is 2.12. The Morgan fingerprint density at radius 2 is 2.14 bits per heavy atom. The molecule has 1 aromatic rings. The number of aryl methyl sites for hydroxylation is 1. The number of benzene rings is 1.